The molecule has 0 spiro atoms. The smallest absolute Gasteiger partial charge is 0.345 e. The Bertz CT molecular complexity index is 968. The molecule has 0 radical (unpaired) electrons. The highest BCUT2D eigenvalue weighted by Crippen LogP contribution is 2.26. The third-order valence-corrected chi connectivity index (χ3v) is 3.77. The van der Waals surface area contributed by atoms with Gasteiger partial charge in [-0.05, 0) is 30.7 Å². The number of halogens is 1. The maximum Gasteiger partial charge on any atom is 0.345 e. The van der Waals surface area contributed by atoms with Gasteiger partial charge < -0.3 is 15.0 Å². The number of benzene rings is 2. The SMILES string of the molecule is CCOC(=O)c1c(NCc2ccccc2)c2cc(F)ccc2[nH]c1=O. The summed E-state index contributed by atoms with van der Waals surface area (Å²) >= 11 is 0. The molecule has 2 aromatic carbocycles. The molecule has 3 rings (SSSR count). The third-order valence-electron chi connectivity index (χ3n) is 3.77. The maximum absolute atomic E-state index is 13.7. The van der Waals surface area contributed by atoms with Crippen LogP contribution in [-0.4, -0.2) is 17.6 Å². The first-order valence-electron chi connectivity index (χ1n) is 7.90. The number of nitrogens with one attached hydrogen (secondary N) is 2. The van der Waals surface area contributed by atoms with Crippen molar-refractivity contribution < 1.29 is 13.9 Å². The van der Waals surface area contributed by atoms with Gasteiger partial charge in [-0.1, -0.05) is 30.3 Å². The highest BCUT2D eigenvalue weighted by molar-refractivity contribution is 6.04. The van der Waals surface area contributed by atoms with Gasteiger partial charge in [0.25, 0.3) is 5.56 Å². The van der Waals surface area contributed by atoms with Gasteiger partial charge in [-0.25, -0.2) is 9.18 Å². The number of aromatic amines is 1. The van der Waals surface area contributed by atoms with E-state index < -0.39 is 17.3 Å². The average Bonchev–Trinajstić information content (AvgIpc) is 2.61. The largest absolute Gasteiger partial charge is 0.462 e. The van der Waals surface area contributed by atoms with Crippen LogP contribution in [0.3, 0.4) is 0 Å². The zero-order chi connectivity index (χ0) is 17.8. The van der Waals surface area contributed by atoms with Crippen LogP contribution in [-0.2, 0) is 11.3 Å². The standard InChI is InChI=1S/C19H17FN2O3/c1-2-25-19(24)16-17(21-11-12-6-4-3-5-7-12)14-10-13(20)8-9-15(14)22-18(16)23/h3-10H,2,11H2,1H3,(H2,21,22,23). The first-order valence-corrected chi connectivity index (χ1v) is 7.90. The van der Waals surface area contributed by atoms with E-state index in [2.05, 4.69) is 10.3 Å². The Morgan fingerprint density at radius 3 is 2.68 bits per heavy atom. The van der Waals surface area contributed by atoms with E-state index in [-0.39, 0.29) is 17.9 Å². The molecule has 1 aromatic heterocycles. The summed E-state index contributed by atoms with van der Waals surface area (Å²) in [5.41, 5.74) is 0.932. The highest BCUT2D eigenvalue weighted by Gasteiger charge is 2.21. The van der Waals surface area contributed by atoms with Crippen molar-refractivity contribution in [1.82, 2.24) is 4.98 Å². The van der Waals surface area contributed by atoms with Crippen LogP contribution in [0.4, 0.5) is 10.1 Å². The molecule has 0 saturated heterocycles. The van der Waals surface area contributed by atoms with Gasteiger partial charge in [-0.3, -0.25) is 4.79 Å². The molecule has 6 heteroatoms. The normalized spacial score (nSPS) is 10.6. The van der Waals surface area contributed by atoms with Gasteiger partial charge in [0.15, 0.2) is 0 Å². The van der Waals surface area contributed by atoms with Crippen LogP contribution in [0.25, 0.3) is 10.9 Å². The maximum atomic E-state index is 13.7. The summed E-state index contributed by atoms with van der Waals surface area (Å²) in [5.74, 6) is -1.21. The summed E-state index contributed by atoms with van der Waals surface area (Å²) < 4.78 is 18.7. The van der Waals surface area contributed by atoms with Gasteiger partial charge in [-0.15, -0.1) is 0 Å². The number of carbonyl (C=O) groups is 1. The number of esters is 1. The van der Waals surface area contributed by atoms with Crippen molar-refractivity contribution in [1.29, 1.82) is 0 Å². The molecule has 3 aromatic rings. The van der Waals surface area contributed by atoms with E-state index in [0.717, 1.165) is 5.56 Å². The summed E-state index contributed by atoms with van der Waals surface area (Å²) in [5, 5.41) is 3.51. The summed E-state index contributed by atoms with van der Waals surface area (Å²) in [4.78, 5) is 27.2. The molecule has 0 amide bonds. The molecular formula is C19H17FN2O3. The minimum atomic E-state index is -0.745. The van der Waals surface area contributed by atoms with Gasteiger partial charge >= 0.3 is 5.97 Å². The number of hydrogen-bond acceptors (Lipinski definition) is 4. The number of anilines is 1. The Kier molecular flexibility index (Phi) is 4.79. The Morgan fingerprint density at radius 2 is 1.96 bits per heavy atom. The number of hydrogen-bond donors (Lipinski definition) is 2. The summed E-state index contributed by atoms with van der Waals surface area (Å²) in [6.45, 7) is 2.17. The lowest BCUT2D eigenvalue weighted by molar-refractivity contribution is 0.0525. The number of carbonyl (C=O) groups excluding carboxylic acids is 1. The molecule has 5 nitrogen and oxygen atoms in total. The first-order chi connectivity index (χ1) is 12.1. The number of fused-ring (bicyclic) bond motifs is 1. The lowest BCUT2D eigenvalue weighted by atomic mass is 10.1. The van der Waals surface area contributed by atoms with Crippen molar-refractivity contribution in [3.05, 3.63) is 75.8 Å². The third kappa shape index (κ3) is 3.52. The minimum absolute atomic E-state index is 0.136. The van der Waals surface area contributed by atoms with E-state index in [1.165, 1.54) is 18.2 Å². The van der Waals surface area contributed by atoms with Crippen LogP contribution in [0, 0.1) is 5.82 Å². The van der Waals surface area contributed by atoms with Gasteiger partial charge in [0.05, 0.1) is 17.8 Å². The molecule has 0 saturated carbocycles. The molecule has 0 fully saturated rings. The van der Waals surface area contributed by atoms with Crippen LogP contribution >= 0.6 is 0 Å². The van der Waals surface area contributed by atoms with Crippen molar-refractivity contribution in [3.8, 4) is 0 Å². The monoisotopic (exact) mass is 340 g/mol. The topological polar surface area (TPSA) is 71.2 Å². The number of H-pyrrole nitrogens is 1. The Morgan fingerprint density at radius 1 is 1.20 bits per heavy atom. The van der Waals surface area contributed by atoms with E-state index in [4.69, 9.17) is 4.74 Å². The van der Waals surface area contributed by atoms with Crippen molar-refractivity contribution in [3.63, 3.8) is 0 Å². The Balaban J connectivity index is 2.13. The van der Waals surface area contributed by atoms with Crippen molar-refractivity contribution in [2.75, 3.05) is 11.9 Å². The molecule has 0 aliphatic rings. The minimum Gasteiger partial charge on any atom is -0.462 e. The second-order valence-electron chi connectivity index (χ2n) is 5.45. The number of ether oxygens (including phenoxy) is 1. The summed E-state index contributed by atoms with van der Waals surface area (Å²) in [7, 11) is 0. The first kappa shape index (κ1) is 16.7. The fourth-order valence-corrected chi connectivity index (χ4v) is 2.63. The average molecular weight is 340 g/mol. The van der Waals surface area contributed by atoms with E-state index in [0.29, 0.717) is 17.4 Å². The zero-order valence-electron chi connectivity index (χ0n) is 13.6. The predicted molar refractivity (Wildman–Crippen MR) is 94.3 cm³/mol. The molecule has 0 aliphatic heterocycles. The number of pyridine rings is 1. The molecule has 0 bridgehead atoms. The summed E-state index contributed by atoms with van der Waals surface area (Å²) in [6.07, 6.45) is 0. The van der Waals surface area contributed by atoms with E-state index in [1.54, 1.807) is 6.92 Å². The fourth-order valence-electron chi connectivity index (χ4n) is 2.63. The van der Waals surface area contributed by atoms with Crippen LogP contribution in [0.5, 0.6) is 0 Å². The molecule has 2 N–H and O–H groups in total. The van der Waals surface area contributed by atoms with Gasteiger partial charge in [0, 0.05) is 11.9 Å². The fraction of sp³-hybridized carbons (Fsp3) is 0.158. The lowest BCUT2D eigenvalue weighted by Crippen LogP contribution is -2.23. The molecule has 0 aliphatic carbocycles. The van der Waals surface area contributed by atoms with Gasteiger partial charge in [-0.2, -0.15) is 0 Å². The molecular weight excluding hydrogens is 323 g/mol. The number of aromatic nitrogens is 1. The van der Waals surface area contributed by atoms with Gasteiger partial charge in [0.1, 0.15) is 11.4 Å². The highest BCUT2D eigenvalue weighted by atomic mass is 19.1. The number of rotatable bonds is 5. The van der Waals surface area contributed by atoms with E-state index in [9.17, 15) is 14.0 Å². The van der Waals surface area contributed by atoms with Crippen LogP contribution in [0.2, 0.25) is 0 Å². The molecule has 1 heterocycles. The second kappa shape index (κ2) is 7.17. The Labute approximate surface area is 143 Å². The quantitative estimate of drug-likeness (QED) is 0.698. The molecule has 0 atom stereocenters. The second-order valence-corrected chi connectivity index (χ2v) is 5.45. The molecule has 128 valence electrons. The van der Waals surface area contributed by atoms with Crippen LogP contribution in [0.15, 0.2) is 53.3 Å². The van der Waals surface area contributed by atoms with Crippen molar-refractivity contribution >= 4 is 22.6 Å². The predicted octanol–water partition coefficient (Wildman–Crippen LogP) is 3.46. The summed E-state index contributed by atoms with van der Waals surface area (Å²) in [6, 6.07) is 13.5. The van der Waals surface area contributed by atoms with Crippen molar-refractivity contribution in [2.24, 2.45) is 0 Å². The van der Waals surface area contributed by atoms with Crippen LogP contribution < -0.4 is 10.9 Å². The zero-order valence-corrected chi connectivity index (χ0v) is 13.6. The molecule has 0 unspecified atom stereocenters. The molecule has 25 heavy (non-hydrogen) atoms. The van der Waals surface area contributed by atoms with Crippen LogP contribution in [0.1, 0.15) is 22.8 Å². The van der Waals surface area contributed by atoms with E-state index in [1.807, 2.05) is 30.3 Å². The van der Waals surface area contributed by atoms with Gasteiger partial charge in [0.2, 0.25) is 0 Å². The lowest BCUT2D eigenvalue weighted by Gasteiger charge is -2.14. The van der Waals surface area contributed by atoms with E-state index >= 15 is 0 Å². The Hall–Kier alpha value is -3.15. The van der Waals surface area contributed by atoms with Crippen molar-refractivity contribution in [2.45, 2.75) is 13.5 Å².